The van der Waals surface area contributed by atoms with E-state index in [2.05, 4.69) is 11.0 Å². The van der Waals surface area contributed by atoms with Crippen molar-refractivity contribution in [3.8, 4) is 0 Å². The van der Waals surface area contributed by atoms with E-state index in [1.54, 1.807) is 0 Å². The normalized spacial score (nSPS) is 18.2. The van der Waals surface area contributed by atoms with Crippen molar-refractivity contribution in [1.82, 2.24) is 4.90 Å². The Hall–Kier alpha value is -1.84. The van der Waals surface area contributed by atoms with Gasteiger partial charge >= 0.3 is 0 Å². The summed E-state index contributed by atoms with van der Waals surface area (Å²) in [5.41, 5.74) is 8.92. The predicted molar refractivity (Wildman–Crippen MR) is 82.8 cm³/mol. The molecule has 0 saturated carbocycles. The van der Waals surface area contributed by atoms with Crippen LogP contribution in [0.1, 0.15) is 22.7 Å². The number of primary amides is 1. The Morgan fingerprint density at radius 2 is 2.10 bits per heavy atom. The first kappa shape index (κ1) is 14.1. The lowest BCUT2D eigenvalue weighted by atomic mass is 9.92. The van der Waals surface area contributed by atoms with Gasteiger partial charge in [0.05, 0.1) is 0 Å². The maximum absolute atomic E-state index is 11.9. The Morgan fingerprint density at radius 3 is 2.81 bits per heavy atom. The number of benzene rings is 2. The van der Waals surface area contributed by atoms with E-state index in [1.165, 1.54) is 0 Å². The van der Waals surface area contributed by atoms with Crippen LogP contribution in [0.25, 0.3) is 0 Å². The minimum Gasteiger partial charge on any atom is -0.368 e. The van der Waals surface area contributed by atoms with Gasteiger partial charge in [-0.15, -0.1) is 0 Å². The van der Waals surface area contributed by atoms with Gasteiger partial charge in [0.1, 0.15) is 6.04 Å². The molecule has 2 aromatic rings. The number of carbonyl (C=O) groups is 1. The first-order chi connectivity index (χ1) is 10.1. The molecule has 3 nitrogen and oxygen atoms in total. The average Bonchev–Trinajstić information content (AvgIpc) is 2.49. The molecule has 107 valence electrons. The summed E-state index contributed by atoms with van der Waals surface area (Å²) in [5, 5.41) is 0.713. The number of amides is 1. The Bertz CT molecular complexity index is 654. The van der Waals surface area contributed by atoms with Crippen LogP contribution < -0.4 is 5.73 Å². The highest BCUT2D eigenvalue weighted by Gasteiger charge is 2.31. The lowest BCUT2D eigenvalue weighted by Crippen LogP contribution is -2.42. The molecule has 21 heavy (non-hydrogen) atoms. The summed E-state index contributed by atoms with van der Waals surface area (Å²) >= 11 is 5.91. The molecule has 2 aromatic carbocycles. The molecule has 1 aliphatic rings. The van der Waals surface area contributed by atoms with Crippen molar-refractivity contribution in [3.05, 3.63) is 70.2 Å². The second-order valence-electron chi connectivity index (χ2n) is 5.28. The summed E-state index contributed by atoms with van der Waals surface area (Å²) < 4.78 is 0. The molecule has 2 N–H and O–H groups in total. The summed E-state index contributed by atoms with van der Waals surface area (Å²) in [5.74, 6) is -0.309. The van der Waals surface area contributed by atoms with Gasteiger partial charge < -0.3 is 5.73 Å². The lowest BCUT2D eigenvalue weighted by Gasteiger charge is -2.35. The summed E-state index contributed by atoms with van der Waals surface area (Å²) in [6.07, 6.45) is 0.907. The van der Waals surface area contributed by atoms with Gasteiger partial charge in [0.15, 0.2) is 0 Å². The van der Waals surface area contributed by atoms with Gasteiger partial charge in [-0.1, -0.05) is 41.9 Å². The van der Waals surface area contributed by atoms with Crippen LogP contribution in [-0.4, -0.2) is 17.4 Å². The molecule has 0 fully saturated rings. The minimum atomic E-state index is -0.376. The molecule has 1 radical (unpaired) electrons. The molecule has 1 aliphatic heterocycles. The largest absolute Gasteiger partial charge is 0.368 e. The van der Waals surface area contributed by atoms with E-state index in [4.69, 9.17) is 17.3 Å². The van der Waals surface area contributed by atoms with Gasteiger partial charge in [-0.3, -0.25) is 9.69 Å². The number of fused-ring (bicyclic) bond motifs is 1. The summed E-state index contributed by atoms with van der Waals surface area (Å²) in [6, 6.07) is 16.1. The second kappa shape index (κ2) is 5.88. The fourth-order valence-corrected chi connectivity index (χ4v) is 3.00. The Labute approximate surface area is 129 Å². The molecule has 1 heterocycles. The van der Waals surface area contributed by atoms with Crippen LogP contribution in [0, 0.1) is 6.07 Å². The van der Waals surface area contributed by atoms with Crippen molar-refractivity contribution >= 4 is 17.5 Å². The molecule has 1 amide bonds. The van der Waals surface area contributed by atoms with E-state index < -0.39 is 0 Å². The molecular weight excluding hydrogens is 284 g/mol. The summed E-state index contributed by atoms with van der Waals surface area (Å²) in [6.45, 7) is 1.49. The van der Waals surface area contributed by atoms with Crippen LogP contribution >= 0.6 is 11.6 Å². The van der Waals surface area contributed by atoms with E-state index in [0.29, 0.717) is 11.6 Å². The highest BCUT2D eigenvalue weighted by molar-refractivity contribution is 6.30. The first-order valence-electron chi connectivity index (χ1n) is 6.92. The number of nitrogens with two attached hydrogens (primary N) is 1. The zero-order valence-electron chi connectivity index (χ0n) is 11.6. The van der Waals surface area contributed by atoms with Crippen LogP contribution in [0.5, 0.6) is 0 Å². The zero-order chi connectivity index (χ0) is 14.8. The molecule has 0 aliphatic carbocycles. The van der Waals surface area contributed by atoms with Crippen molar-refractivity contribution < 1.29 is 4.79 Å². The van der Waals surface area contributed by atoms with Gasteiger partial charge in [-0.25, -0.2) is 0 Å². The first-order valence-corrected chi connectivity index (χ1v) is 7.29. The zero-order valence-corrected chi connectivity index (χ0v) is 12.3. The minimum absolute atomic E-state index is 0.309. The van der Waals surface area contributed by atoms with Crippen molar-refractivity contribution in [2.45, 2.75) is 19.0 Å². The van der Waals surface area contributed by atoms with Gasteiger partial charge in [0, 0.05) is 18.1 Å². The monoisotopic (exact) mass is 299 g/mol. The molecule has 1 unspecified atom stereocenters. The molecule has 0 saturated heterocycles. The highest BCUT2D eigenvalue weighted by Crippen LogP contribution is 2.30. The maximum atomic E-state index is 11.9. The van der Waals surface area contributed by atoms with Crippen LogP contribution in [0.4, 0.5) is 0 Å². The van der Waals surface area contributed by atoms with Crippen LogP contribution in [0.3, 0.4) is 0 Å². The second-order valence-corrected chi connectivity index (χ2v) is 5.71. The molecule has 0 bridgehead atoms. The third-order valence-electron chi connectivity index (χ3n) is 3.88. The number of hydrogen-bond donors (Lipinski definition) is 1. The molecule has 0 aromatic heterocycles. The van der Waals surface area contributed by atoms with Crippen molar-refractivity contribution in [2.75, 3.05) is 6.54 Å². The van der Waals surface area contributed by atoms with Crippen LogP contribution in [-0.2, 0) is 17.8 Å². The third kappa shape index (κ3) is 2.94. The molecule has 0 spiro atoms. The average molecular weight is 300 g/mol. The molecule has 4 heteroatoms. The SMILES string of the molecule is NC(=O)C1c2cc[c]cc2CCN1Cc1ccc(Cl)cc1. The topological polar surface area (TPSA) is 46.3 Å². The standard InChI is InChI=1S/C17H16ClN2O/c18-14-7-5-12(6-8-14)11-20-10-9-13-3-1-2-4-15(13)16(20)17(19)21/h2-8,16H,9-11H2,(H2,19,21). The van der Waals surface area contributed by atoms with Gasteiger partial charge in [0.25, 0.3) is 0 Å². The number of carbonyl (C=O) groups excluding carboxylic acids is 1. The molecule has 1 atom stereocenters. The Morgan fingerprint density at radius 1 is 1.33 bits per heavy atom. The van der Waals surface area contributed by atoms with Crippen LogP contribution in [0.15, 0.2) is 42.5 Å². The number of halogens is 1. The van der Waals surface area contributed by atoms with Crippen molar-refractivity contribution in [1.29, 1.82) is 0 Å². The van der Waals surface area contributed by atoms with E-state index in [1.807, 2.05) is 42.5 Å². The van der Waals surface area contributed by atoms with Crippen molar-refractivity contribution in [3.63, 3.8) is 0 Å². The van der Waals surface area contributed by atoms with Gasteiger partial charge in [0.2, 0.25) is 5.91 Å². The fraction of sp³-hybridized carbons (Fsp3) is 0.235. The smallest absolute Gasteiger partial charge is 0.239 e. The molecular formula is C17H16ClN2O. The van der Waals surface area contributed by atoms with E-state index in [0.717, 1.165) is 29.7 Å². The van der Waals surface area contributed by atoms with E-state index in [-0.39, 0.29) is 11.9 Å². The third-order valence-corrected chi connectivity index (χ3v) is 4.14. The lowest BCUT2D eigenvalue weighted by molar-refractivity contribution is -0.124. The molecule has 3 rings (SSSR count). The van der Waals surface area contributed by atoms with Crippen LogP contribution in [0.2, 0.25) is 5.02 Å². The predicted octanol–water partition coefficient (Wildman–Crippen LogP) is 2.72. The number of hydrogen-bond acceptors (Lipinski definition) is 2. The Kier molecular flexibility index (Phi) is 3.95. The van der Waals surface area contributed by atoms with Gasteiger partial charge in [-0.05, 0) is 41.3 Å². The summed E-state index contributed by atoms with van der Waals surface area (Å²) in [4.78, 5) is 14.0. The van der Waals surface area contributed by atoms with Gasteiger partial charge in [-0.2, -0.15) is 0 Å². The van der Waals surface area contributed by atoms with E-state index in [9.17, 15) is 4.79 Å². The maximum Gasteiger partial charge on any atom is 0.239 e. The van der Waals surface area contributed by atoms with E-state index >= 15 is 0 Å². The summed E-state index contributed by atoms with van der Waals surface area (Å²) in [7, 11) is 0. The number of rotatable bonds is 3. The van der Waals surface area contributed by atoms with Crippen molar-refractivity contribution in [2.24, 2.45) is 5.73 Å². The highest BCUT2D eigenvalue weighted by atomic mass is 35.5. The Balaban J connectivity index is 1.88. The fourth-order valence-electron chi connectivity index (χ4n) is 2.88. The number of nitrogens with zero attached hydrogens (tertiary/aromatic N) is 1. The quantitative estimate of drug-likeness (QED) is 0.947.